The number of ether oxygens (including phenoxy) is 2. The van der Waals surface area contributed by atoms with Gasteiger partial charge in [-0.15, -0.1) is 0 Å². The van der Waals surface area contributed by atoms with E-state index in [1.54, 1.807) is 12.1 Å². The van der Waals surface area contributed by atoms with Crippen molar-refractivity contribution < 1.29 is 13.9 Å². The van der Waals surface area contributed by atoms with Gasteiger partial charge in [0.05, 0.1) is 19.3 Å². The van der Waals surface area contributed by atoms with Crippen LogP contribution in [0.4, 0.5) is 4.39 Å². The van der Waals surface area contributed by atoms with Crippen molar-refractivity contribution in [2.24, 2.45) is 0 Å². The summed E-state index contributed by atoms with van der Waals surface area (Å²) in [4.78, 5) is 0. The van der Waals surface area contributed by atoms with Crippen LogP contribution in [0.15, 0.2) is 24.3 Å². The number of hydrogen-bond acceptors (Lipinski definition) is 2. The van der Waals surface area contributed by atoms with Crippen LogP contribution in [0.2, 0.25) is 0 Å². The fourth-order valence-electron chi connectivity index (χ4n) is 1.31. The Hall–Kier alpha value is -0.930. The van der Waals surface area contributed by atoms with Gasteiger partial charge in [0.25, 0.3) is 0 Å². The molecule has 2 rings (SSSR count). The molecule has 0 aromatic heterocycles. The molecule has 0 aliphatic carbocycles. The van der Waals surface area contributed by atoms with Gasteiger partial charge in [0.15, 0.2) is 0 Å². The Balaban J connectivity index is 1.95. The lowest BCUT2D eigenvalue weighted by Crippen LogP contribution is -2.07. The van der Waals surface area contributed by atoms with E-state index < -0.39 is 0 Å². The van der Waals surface area contributed by atoms with E-state index in [0.29, 0.717) is 12.2 Å². The first-order valence-corrected chi connectivity index (χ1v) is 4.75. The number of benzene rings is 1. The van der Waals surface area contributed by atoms with Crippen LogP contribution in [0, 0.1) is 5.82 Å². The molecule has 0 N–H and O–H groups in total. The zero-order valence-electron chi connectivity index (χ0n) is 8.07. The Morgan fingerprint density at radius 2 is 2.29 bits per heavy atom. The molecule has 1 aliphatic heterocycles. The lowest BCUT2D eigenvalue weighted by Gasteiger charge is -2.12. The van der Waals surface area contributed by atoms with E-state index in [-0.39, 0.29) is 18.0 Å². The van der Waals surface area contributed by atoms with Crippen molar-refractivity contribution in [3.8, 4) is 0 Å². The van der Waals surface area contributed by atoms with Crippen molar-refractivity contribution in [2.75, 3.05) is 13.2 Å². The second-order valence-corrected chi connectivity index (χ2v) is 3.45. The molecule has 0 saturated carbocycles. The summed E-state index contributed by atoms with van der Waals surface area (Å²) in [6, 6.07) is 6.68. The van der Waals surface area contributed by atoms with E-state index in [1.807, 2.05) is 13.0 Å². The Morgan fingerprint density at radius 3 is 2.93 bits per heavy atom. The monoisotopic (exact) mass is 196 g/mol. The first kappa shape index (κ1) is 9.62. The van der Waals surface area contributed by atoms with E-state index in [1.165, 1.54) is 6.07 Å². The van der Waals surface area contributed by atoms with E-state index in [9.17, 15) is 4.39 Å². The largest absolute Gasteiger partial charge is 0.371 e. The molecule has 0 bridgehead atoms. The molecule has 0 amide bonds. The number of halogens is 1. The maximum absolute atomic E-state index is 13.3. The second-order valence-electron chi connectivity index (χ2n) is 3.45. The van der Waals surface area contributed by atoms with E-state index >= 15 is 0 Å². The highest BCUT2D eigenvalue weighted by Gasteiger charge is 2.24. The maximum Gasteiger partial charge on any atom is 0.128 e. The summed E-state index contributed by atoms with van der Waals surface area (Å²) in [5, 5.41) is 0. The lowest BCUT2D eigenvalue weighted by molar-refractivity contribution is 0.0518. The fourth-order valence-corrected chi connectivity index (χ4v) is 1.31. The van der Waals surface area contributed by atoms with Gasteiger partial charge >= 0.3 is 0 Å². The highest BCUT2D eigenvalue weighted by molar-refractivity contribution is 5.19. The maximum atomic E-state index is 13.3. The highest BCUT2D eigenvalue weighted by Crippen LogP contribution is 2.21. The second kappa shape index (κ2) is 4.07. The van der Waals surface area contributed by atoms with Crippen LogP contribution in [0.25, 0.3) is 0 Å². The van der Waals surface area contributed by atoms with Gasteiger partial charge in [-0.2, -0.15) is 0 Å². The van der Waals surface area contributed by atoms with Crippen LogP contribution in [0.3, 0.4) is 0 Å². The summed E-state index contributed by atoms with van der Waals surface area (Å²) in [5.74, 6) is -0.211. The Morgan fingerprint density at radius 1 is 1.57 bits per heavy atom. The Bertz CT molecular complexity index is 310. The standard InChI is InChI=1S/C11H13FO2/c1-8(13-6-9-7-14-9)10-4-2-3-5-11(10)12/h2-5,8-9H,6-7H2,1H3/t8-,9+/m0/s1. The van der Waals surface area contributed by atoms with Gasteiger partial charge in [0, 0.05) is 5.56 Å². The van der Waals surface area contributed by atoms with Gasteiger partial charge in [-0.1, -0.05) is 18.2 Å². The number of rotatable bonds is 4. The van der Waals surface area contributed by atoms with Crippen LogP contribution < -0.4 is 0 Å². The third kappa shape index (κ3) is 2.30. The first-order chi connectivity index (χ1) is 6.77. The first-order valence-electron chi connectivity index (χ1n) is 4.75. The van der Waals surface area contributed by atoms with Crippen molar-refractivity contribution >= 4 is 0 Å². The van der Waals surface area contributed by atoms with Crippen LogP contribution >= 0.6 is 0 Å². The normalized spacial score (nSPS) is 22.0. The molecular weight excluding hydrogens is 183 g/mol. The summed E-state index contributed by atoms with van der Waals surface area (Å²) in [5.41, 5.74) is 0.605. The van der Waals surface area contributed by atoms with Crippen molar-refractivity contribution in [3.05, 3.63) is 35.6 Å². The average Bonchev–Trinajstić information content (AvgIpc) is 2.98. The highest BCUT2D eigenvalue weighted by atomic mass is 19.1. The number of hydrogen-bond donors (Lipinski definition) is 0. The quantitative estimate of drug-likeness (QED) is 0.689. The molecule has 3 heteroatoms. The summed E-state index contributed by atoms with van der Waals surface area (Å²) in [6.45, 7) is 3.17. The molecule has 1 aromatic carbocycles. The predicted molar refractivity (Wildman–Crippen MR) is 50.5 cm³/mol. The molecule has 76 valence electrons. The van der Waals surface area contributed by atoms with Crippen molar-refractivity contribution in [1.82, 2.24) is 0 Å². The van der Waals surface area contributed by atoms with Crippen molar-refractivity contribution in [3.63, 3.8) is 0 Å². The molecule has 1 saturated heterocycles. The van der Waals surface area contributed by atoms with E-state index in [4.69, 9.17) is 9.47 Å². The summed E-state index contributed by atoms with van der Waals surface area (Å²) in [7, 11) is 0. The molecule has 1 fully saturated rings. The van der Waals surface area contributed by atoms with Crippen LogP contribution in [0.5, 0.6) is 0 Å². The van der Waals surface area contributed by atoms with Crippen molar-refractivity contribution in [1.29, 1.82) is 0 Å². The third-order valence-corrected chi connectivity index (χ3v) is 2.28. The molecule has 0 spiro atoms. The molecule has 2 nitrogen and oxygen atoms in total. The fraction of sp³-hybridized carbons (Fsp3) is 0.455. The van der Waals surface area contributed by atoms with Gasteiger partial charge in [-0.3, -0.25) is 0 Å². The molecular formula is C11H13FO2. The molecule has 0 unspecified atom stereocenters. The lowest BCUT2D eigenvalue weighted by atomic mass is 10.1. The Kier molecular flexibility index (Phi) is 2.79. The minimum atomic E-state index is -0.211. The Labute approximate surface area is 82.6 Å². The van der Waals surface area contributed by atoms with Crippen molar-refractivity contribution in [2.45, 2.75) is 19.1 Å². The zero-order valence-corrected chi connectivity index (χ0v) is 8.07. The third-order valence-electron chi connectivity index (χ3n) is 2.28. The van der Waals surface area contributed by atoms with Gasteiger partial charge in [0.1, 0.15) is 11.9 Å². The summed E-state index contributed by atoms with van der Waals surface area (Å²) < 4.78 is 23.7. The zero-order chi connectivity index (χ0) is 9.97. The van der Waals surface area contributed by atoms with Crippen LogP contribution in [-0.2, 0) is 9.47 Å². The number of epoxide rings is 1. The molecule has 1 aromatic rings. The SMILES string of the molecule is C[C@H](OC[C@@H]1CO1)c1ccccc1F. The summed E-state index contributed by atoms with van der Waals surface area (Å²) in [6.07, 6.45) is 0.0182. The average molecular weight is 196 g/mol. The molecule has 1 heterocycles. The minimum Gasteiger partial charge on any atom is -0.371 e. The van der Waals surface area contributed by atoms with E-state index in [0.717, 1.165) is 6.61 Å². The smallest absolute Gasteiger partial charge is 0.128 e. The van der Waals surface area contributed by atoms with Gasteiger partial charge in [-0.25, -0.2) is 4.39 Å². The predicted octanol–water partition coefficient (Wildman–Crippen LogP) is 2.30. The van der Waals surface area contributed by atoms with E-state index in [2.05, 4.69) is 0 Å². The van der Waals surface area contributed by atoms with Gasteiger partial charge < -0.3 is 9.47 Å². The molecule has 0 radical (unpaired) electrons. The minimum absolute atomic E-state index is 0.208. The molecule has 1 aliphatic rings. The molecule has 2 atom stereocenters. The van der Waals surface area contributed by atoms with Gasteiger partial charge in [-0.05, 0) is 13.0 Å². The van der Waals surface area contributed by atoms with Crippen LogP contribution in [-0.4, -0.2) is 19.3 Å². The molecule has 14 heavy (non-hydrogen) atoms. The topological polar surface area (TPSA) is 21.8 Å². The van der Waals surface area contributed by atoms with Gasteiger partial charge in [0.2, 0.25) is 0 Å². The summed E-state index contributed by atoms with van der Waals surface area (Å²) >= 11 is 0. The van der Waals surface area contributed by atoms with Crippen LogP contribution in [0.1, 0.15) is 18.6 Å².